The smallest absolute Gasteiger partial charge is 0.278 e. The van der Waals surface area contributed by atoms with Crippen molar-refractivity contribution < 1.29 is 19.2 Å². The molecule has 0 N–H and O–H groups in total. The average Bonchev–Trinajstić information content (AvgIpc) is 3.29. The quantitative estimate of drug-likeness (QED) is 0.634. The summed E-state index contributed by atoms with van der Waals surface area (Å²) in [5, 5.41) is 5.49. The van der Waals surface area contributed by atoms with Crippen molar-refractivity contribution >= 4 is 40.3 Å². The summed E-state index contributed by atoms with van der Waals surface area (Å²) in [4.78, 5) is 44.5. The van der Waals surface area contributed by atoms with Crippen LogP contribution in [0.1, 0.15) is 15.2 Å². The zero-order valence-corrected chi connectivity index (χ0v) is 13.4. The van der Waals surface area contributed by atoms with Crippen molar-refractivity contribution in [1.82, 2.24) is 0 Å². The Balaban J connectivity index is 1.67. The van der Waals surface area contributed by atoms with Crippen LogP contribution in [-0.2, 0) is 14.4 Å². The first-order chi connectivity index (χ1) is 11.6. The fraction of sp³-hybridized carbons (Fsp3) is 0.176. The van der Waals surface area contributed by atoms with Crippen molar-refractivity contribution in [2.75, 3.05) is 4.90 Å². The molecule has 7 heteroatoms. The van der Waals surface area contributed by atoms with E-state index in [1.807, 2.05) is 19.1 Å². The Kier molecular flexibility index (Phi) is 3.31. The molecular weight excluding hydrogens is 328 g/mol. The second kappa shape index (κ2) is 5.38. The van der Waals surface area contributed by atoms with Crippen LogP contribution in [0.2, 0.25) is 0 Å². The highest BCUT2D eigenvalue weighted by Gasteiger charge is 2.57. The molecule has 6 nitrogen and oxygen atoms in total. The summed E-state index contributed by atoms with van der Waals surface area (Å²) in [6.07, 6.45) is -1.06. The molecule has 2 unspecified atom stereocenters. The minimum Gasteiger partial charge on any atom is -0.381 e. The third kappa shape index (κ3) is 2.09. The van der Waals surface area contributed by atoms with E-state index in [1.165, 1.54) is 11.3 Å². The molecular formula is C17H12N2O4S. The summed E-state index contributed by atoms with van der Waals surface area (Å²) in [5.41, 5.74) is 1.48. The van der Waals surface area contributed by atoms with E-state index in [-0.39, 0.29) is 11.5 Å². The zero-order chi connectivity index (χ0) is 16.8. The van der Waals surface area contributed by atoms with Gasteiger partial charge in [-0.2, -0.15) is 0 Å². The Labute approximate surface area is 141 Å². The number of oxime groups is 1. The summed E-state index contributed by atoms with van der Waals surface area (Å²) in [5.74, 6) is -2.32. The number of rotatable bonds is 3. The van der Waals surface area contributed by atoms with Crippen LogP contribution in [0.25, 0.3) is 0 Å². The van der Waals surface area contributed by atoms with Crippen LogP contribution in [-0.4, -0.2) is 29.4 Å². The number of amides is 2. The molecule has 0 aliphatic carbocycles. The fourth-order valence-electron chi connectivity index (χ4n) is 2.85. The predicted octanol–water partition coefficient (Wildman–Crippen LogP) is 2.18. The van der Waals surface area contributed by atoms with Gasteiger partial charge in [-0.25, -0.2) is 4.90 Å². The van der Waals surface area contributed by atoms with E-state index in [1.54, 1.807) is 29.6 Å². The molecule has 1 aromatic carbocycles. The van der Waals surface area contributed by atoms with E-state index in [9.17, 15) is 14.4 Å². The molecule has 1 saturated heterocycles. The van der Waals surface area contributed by atoms with E-state index in [0.717, 1.165) is 10.5 Å². The number of imide groups is 1. The third-order valence-corrected chi connectivity index (χ3v) is 4.95. The Bertz CT molecular complexity index is 871. The molecule has 3 heterocycles. The summed E-state index contributed by atoms with van der Waals surface area (Å²) in [7, 11) is 0. The van der Waals surface area contributed by atoms with E-state index in [2.05, 4.69) is 5.16 Å². The molecule has 24 heavy (non-hydrogen) atoms. The van der Waals surface area contributed by atoms with E-state index >= 15 is 0 Å². The predicted molar refractivity (Wildman–Crippen MR) is 88.1 cm³/mol. The van der Waals surface area contributed by atoms with Crippen molar-refractivity contribution in [3.05, 3.63) is 52.2 Å². The molecule has 120 valence electrons. The first-order valence-corrected chi connectivity index (χ1v) is 8.22. The lowest BCUT2D eigenvalue weighted by molar-refractivity contribution is -0.126. The zero-order valence-electron chi connectivity index (χ0n) is 12.6. The largest absolute Gasteiger partial charge is 0.381 e. The Hall–Kier alpha value is -2.80. The SMILES string of the molecule is Cc1ccc(N2C(=O)C3ON=C(C(=O)c4cccs4)C3C2=O)cc1. The summed E-state index contributed by atoms with van der Waals surface area (Å²) in [6.45, 7) is 1.92. The number of nitrogens with zero attached hydrogens (tertiary/aromatic N) is 2. The number of Topliss-reactive ketones (excluding diaryl/α,β-unsaturated/α-hetero) is 1. The lowest BCUT2D eigenvalue weighted by Gasteiger charge is -2.15. The standard InChI is InChI=1S/C17H12N2O4S/c1-9-4-6-10(7-5-9)19-16(21)12-13(18-23-15(12)17(19)22)14(20)11-3-2-8-24-11/h2-8,12,15H,1H3. The molecule has 2 aliphatic heterocycles. The summed E-state index contributed by atoms with van der Waals surface area (Å²) >= 11 is 1.26. The number of ketones is 1. The van der Waals surface area contributed by atoms with Crippen molar-refractivity contribution in [2.45, 2.75) is 13.0 Å². The average molecular weight is 340 g/mol. The van der Waals surface area contributed by atoms with Gasteiger partial charge >= 0.3 is 0 Å². The molecule has 2 atom stereocenters. The van der Waals surface area contributed by atoms with E-state index in [4.69, 9.17) is 4.84 Å². The number of aryl methyl sites for hydroxylation is 1. The van der Waals surface area contributed by atoms with E-state index in [0.29, 0.717) is 10.6 Å². The molecule has 0 bridgehead atoms. The number of hydrogen-bond acceptors (Lipinski definition) is 6. The Morgan fingerprint density at radius 3 is 2.58 bits per heavy atom. The van der Waals surface area contributed by atoms with Crippen molar-refractivity contribution in [3.8, 4) is 0 Å². The van der Waals surface area contributed by atoms with Gasteiger partial charge in [-0.05, 0) is 30.5 Å². The van der Waals surface area contributed by atoms with Crippen molar-refractivity contribution in [3.63, 3.8) is 0 Å². The van der Waals surface area contributed by atoms with Gasteiger partial charge in [0.1, 0.15) is 11.6 Å². The number of carbonyl (C=O) groups is 3. The molecule has 2 aliphatic rings. The third-order valence-electron chi connectivity index (χ3n) is 4.08. The van der Waals surface area contributed by atoms with Gasteiger partial charge in [0.2, 0.25) is 17.8 Å². The molecule has 1 aromatic heterocycles. The number of anilines is 1. The lowest BCUT2D eigenvalue weighted by atomic mass is 9.96. The van der Waals surface area contributed by atoms with Gasteiger partial charge in [-0.15, -0.1) is 11.3 Å². The van der Waals surface area contributed by atoms with Gasteiger partial charge in [0, 0.05) is 0 Å². The van der Waals surface area contributed by atoms with Gasteiger partial charge in [0.05, 0.1) is 10.6 Å². The first kappa shape index (κ1) is 14.8. The van der Waals surface area contributed by atoms with E-state index < -0.39 is 23.8 Å². The number of benzene rings is 1. The van der Waals surface area contributed by atoms with Gasteiger partial charge < -0.3 is 4.84 Å². The minimum absolute atomic E-state index is 0.00425. The van der Waals surface area contributed by atoms with Gasteiger partial charge in [-0.3, -0.25) is 14.4 Å². The van der Waals surface area contributed by atoms with Gasteiger partial charge in [0.15, 0.2) is 0 Å². The normalized spacial score (nSPS) is 22.4. The number of fused-ring (bicyclic) bond motifs is 1. The van der Waals surface area contributed by atoms with Crippen LogP contribution in [0.4, 0.5) is 5.69 Å². The highest BCUT2D eigenvalue weighted by Crippen LogP contribution is 2.34. The maximum atomic E-state index is 12.8. The lowest BCUT2D eigenvalue weighted by Crippen LogP contribution is -2.34. The van der Waals surface area contributed by atoms with Crippen LogP contribution >= 0.6 is 11.3 Å². The molecule has 2 aromatic rings. The molecule has 1 fully saturated rings. The van der Waals surface area contributed by atoms with Crippen LogP contribution in [0.5, 0.6) is 0 Å². The maximum absolute atomic E-state index is 12.8. The molecule has 0 spiro atoms. The monoisotopic (exact) mass is 340 g/mol. The van der Waals surface area contributed by atoms with Gasteiger partial charge in [0.25, 0.3) is 5.91 Å². The number of thiophene rings is 1. The number of carbonyl (C=O) groups excluding carboxylic acids is 3. The van der Waals surface area contributed by atoms with Crippen LogP contribution in [0.3, 0.4) is 0 Å². The summed E-state index contributed by atoms with van der Waals surface area (Å²) in [6, 6.07) is 10.4. The second-order valence-corrected chi connectivity index (χ2v) is 6.58. The Morgan fingerprint density at radius 1 is 1.17 bits per heavy atom. The first-order valence-electron chi connectivity index (χ1n) is 7.34. The van der Waals surface area contributed by atoms with Crippen LogP contribution < -0.4 is 4.90 Å². The molecule has 4 rings (SSSR count). The minimum atomic E-state index is -1.06. The molecule has 0 radical (unpaired) electrons. The van der Waals surface area contributed by atoms with Crippen molar-refractivity contribution in [1.29, 1.82) is 0 Å². The van der Waals surface area contributed by atoms with Crippen LogP contribution in [0, 0.1) is 12.8 Å². The topological polar surface area (TPSA) is 76.0 Å². The fourth-order valence-corrected chi connectivity index (χ4v) is 3.52. The maximum Gasteiger partial charge on any atom is 0.278 e. The highest BCUT2D eigenvalue weighted by atomic mass is 32.1. The molecule has 2 amide bonds. The Morgan fingerprint density at radius 2 is 1.92 bits per heavy atom. The highest BCUT2D eigenvalue weighted by molar-refractivity contribution is 7.13. The summed E-state index contributed by atoms with van der Waals surface area (Å²) < 4.78 is 0. The second-order valence-electron chi connectivity index (χ2n) is 5.63. The van der Waals surface area contributed by atoms with Crippen molar-refractivity contribution in [2.24, 2.45) is 11.1 Å². The number of hydrogen-bond donors (Lipinski definition) is 0. The van der Waals surface area contributed by atoms with Crippen LogP contribution in [0.15, 0.2) is 46.9 Å². The molecule has 0 saturated carbocycles. The van der Waals surface area contributed by atoms with Gasteiger partial charge in [-0.1, -0.05) is 28.9 Å².